The van der Waals surface area contributed by atoms with Crippen molar-refractivity contribution in [3.8, 4) is 0 Å². The average molecular weight is 344 g/mol. The van der Waals surface area contributed by atoms with Gasteiger partial charge in [-0.25, -0.2) is 4.68 Å². The molecule has 2 atom stereocenters. The molecule has 7 heteroatoms. The van der Waals surface area contributed by atoms with Crippen LogP contribution in [0, 0.1) is 13.8 Å². The lowest BCUT2D eigenvalue weighted by Gasteiger charge is -2.19. The van der Waals surface area contributed by atoms with Gasteiger partial charge in [0, 0.05) is 19.3 Å². The highest BCUT2D eigenvalue weighted by Gasteiger charge is 2.32. The van der Waals surface area contributed by atoms with Gasteiger partial charge in [-0.3, -0.25) is 4.79 Å². The summed E-state index contributed by atoms with van der Waals surface area (Å²) in [5, 5.41) is 8.19. The molecule has 0 saturated carbocycles. The summed E-state index contributed by atoms with van der Waals surface area (Å²) in [5.41, 5.74) is 3.32. The molecular formula is C18H24N4O3. The number of amides is 1. The number of aryl methyl sites for hydroxylation is 2. The Hall–Kier alpha value is -2.25. The van der Waals surface area contributed by atoms with E-state index in [1.165, 1.54) is 0 Å². The smallest absolute Gasteiger partial charge is 0.280 e. The molecule has 2 heterocycles. The maximum Gasteiger partial charge on any atom is 0.280 e. The number of hydrogen-bond acceptors (Lipinski definition) is 5. The van der Waals surface area contributed by atoms with Crippen LogP contribution in [0.5, 0.6) is 0 Å². The standard InChI is InChI=1S/C18H24N4O3/c1-5-25-17-11-24-10-16(17)22-9-14(19-20-22)18(23)21(4)15-8-12(2)6-7-13(15)3/h6-9,16-17H,5,10-11H2,1-4H3/t16-,17-/m1/s1. The maximum absolute atomic E-state index is 12.8. The minimum absolute atomic E-state index is 0.0555. The first kappa shape index (κ1) is 17.6. The summed E-state index contributed by atoms with van der Waals surface area (Å²) < 4.78 is 12.8. The topological polar surface area (TPSA) is 69.5 Å². The molecule has 1 aliphatic rings. The van der Waals surface area contributed by atoms with Crippen LogP contribution in [0.25, 0.3) is 0 Å². The average Bonchev–Trinajstić information content (AvgIpc) is 3.25. The number of benzene rings is 1. The number of hydrogen-bond donors (Lipinski definition) is 0. The molecule has 25 heavy (non-hydrogen) atoms. The van der Waals surface area contributed by atoms with Crippen molar-refractivity contribution in [2.75, 3.05) is 31.8 Å². The molecule has 134 valence electrons. The van der Waals surface area contributed by atoms with Crippen LogP contribution in [-0.4, -0.2) is 53.9 Å². The molecule has 0 aliphatic carbocycles. The lowest BCUT2D eigenvalue weighted by Crippen LogP contribution is -2.28. The lowest BCUT2D eigenvalue weighted by molar-refractivity contribution is 0.0340. The first-order chi connectivity index (χ1) is 12.0. The van der Waals surface area contributed by atoms with Gasteiger partial charge in [-0.1, -0.05) is 17.3 Å². The summed E-state index contributed by atoms with van der Waals surface area (Å²) in [7, 11) is 1.75. The third-order valence-electron chi connectivity index (χ3n) is 4.48. The van der Waals surface area contributed by atoms with E-state index in [-0.39, 0.29) is 18.1 Å². The minimum Gasteiger partial charge on any atom is -0.376 e. The molecule has 0 N–H and O–H groups in total. The van der Waals surface area contributed by atoms with Crippen LogP contribution in [0.4, 0.5) is 5.69 Å². The predicted molar refractivity (Wildman–Crippen MR) is 93.9 cm³/mol. The van der Waals surface area contributed by atoms with Crippen LogP contribution in [0.1, 0.15) is 34.6 Å². The van der Waals surface area contributed by atoms with Gasteiger partial charge in [-0.15, -0.1) is 5.10 Å². The van der Waals surface area contributed by atoms with Crippen molar-refractivity contribution < 1.29 is 14.3 Å². The van der Waals surface area contributed by atoms with Crippen molar-refractivity contribution in [3.05, 3.63) is 41.2 Å². The molecule has 1 fully saturated rings. The van der Waals surface area contributed by atoms with E-state index in [0.29, 0.717) is 25.5 Å². The van der Waals surface area contributed by atoms with E-state index in [4.69, 9.17) is 9.47 Å². The Balaban J connectivity index is 1.79. The van der Waals surface area contributed by atoms with Gasteiger partial charge in [-0.2, -0.15) is 0 Å². The third-order valence-corrected chi connectivity index (χ3v) is 4.48. The summed E-state index contributed by atoms with van der Waals surface area (Å²) in [5.74, 6) is -0.188. The number of carbonyl (C=O) groups excluding carboxylic acids is 1. The summed E-state index contributed by atoms with van der Waals surface area (Å²) >= 11 is 0. The van der Waals surface area contributed by atoms with Crippen molar-refractivity contribution in [3.63, 3.8) is 0 Å². The maximum atomic E-state index is 12.8. The van der Waals surface area contributed by atoms with Crippen LogP contribution < -0.4 is 4.90 Å². The van der Waals surface area contributed by atoms with E-state index in [0.717, 1.165) is 16.8 Å². The van der Waals surface area contributed by atoms with Crippen molar-refractivity contribution >= 4 is 11.6 Å². The van der Waals surface area contributed by atoms with Crippen molar-refractivity contribution in [1.82, 2.24) is 15.0 Å². The second-order valence-corrected chi connectivity index (χ2v) is 6.34. The molecule has 0 unspecified atom stereocenters. The molecule has 1 aromatic heterocycles. The van der Waals surface area contributed by atoms with Gasteiger partial charge >= 0.3 is 0 Å². The number of rotatable bonds is 5. The molecule has 1 saturated heterocycles. The fraction of sp³-hybridized carbons (Fsp3) is 0.500. The predicted octanol–water partition coefficient (Wildman–Crippen LogP) is 2.15. The summed E-state index contributed by atoms with van der Waals surface area (Å²) in [6, 6.07) is 5.98. The zero-order valence-electron chi connectivity index (χ0n) is 15.1. The van der Waals surface area contributed by atoms with E-state index >= 15 is 0 Å². The molecule has 2 aromatic rings. The molecular weight excluding hydrogens is 320 g/mol. The fourth-order valence-electron chi connectivity index (χ4n) is 3.04. The van der Waals surface area contributed by atoms with E-state index < -0.39 is 0 Å². The molecule has 1 aliphatic heterocycles. The minimum atomic E-state index is -0.188. The number of anilines is 1. The first-order valence-electron chi connectivity index (χ1n) is 8.47. The number of aromatic nitrogens is 3. The van der Waals surface area contributed by atoms with Crippen LogP contribution in [-0.2, 0) is 9.47 Å². The Morgan fingerprint density at radius 3 is 2.96 bits per heavy atom. The van der Waals surface area contributed by atoms with Gasteiger partial charge in [-0.05, 0) is 38.0 Å². The molecule has 0 radical (unpaired) electrons. The van der Waals surface area contributed by atoms with E-state index in [2.05, 4.69) is 10.3 Å². The number of nitrogens with zero attached hydrogens (tertiary/aromatic N) is 4. The fourth-order valence-corrected chi connectivity index (χ4v) is 3.04. The quantitative estimate of drug-likeness (QED) is 0.831. The Labute approximate surface area is 147 Å². The van der Waals surface area contributed by atoms with Gasteiger partial charge in [0.05, 0.1) is 19.4 Å². The zero-order valence-corrected chi connectivity index (χ0v) is 15.1. The van der Waals surface area contributed by atoms with Gasteiger partial charge in [0.2, 0.25) is 0 Å². The van der Waals surface area contributed by atoms with Crippen molar-refractivity contribution in [1.29, 1.82) is 0 Å². The molecule has 7 nitrogen and oxygen atoms in total. The highest BCUT2D eigenvalue weighted by Crippen LogP contribution is 2.24. The summed E-state index contributed by atoms with van der Waals surface area (Å²) in [6.07, 6.45) is 1.61. The lowest BCUT2D eigenvalue weighted by atomic mass is 10.1. The molecule has 0 spiro atoms. The third kappa shape index (κ3) is 3.57. The van der Waals surface area contributed by atoms with Gasteiger partial charge < -0.3 is 14.4 Å². The Bertz CT molecular complexity index is 759. The van der Waals surface area contributed by atoms with E-state index in [1.54, 1.807) is 22.8 Å². The van der Waals surface area contributed by atoms with E-state index in [9.17, 15) is 4.79 Å². The van der Waals surface area contributed by atoms with Crippen LogP contribution in [0.3, 0.4) is 0 Å². The van der Waals surface area contributed by atoms with Gasteiger partial charge in [0.25, 0.3) is 5.91 Å². The van der Waals surface area contributed by atoms with Crippen molar-refractivity contribution in [2.45, 2.75) is 32.9 Å². The zero-order chi connectivity index (χ0) is 18.0. The Morgan fingerprint density at radius 2 is 2.20 bits per heavy atom. The Kier molecular flexibility index (Phi) is 5.15. The second-order valence-electron chi connectivity index (χ2n) is 6.34. The monoisotopic (exact) mass is 344 g/mol. The van der Waals surface area contributed by atoms with E-state index in [1.807, 2.05) is 39.0 Å². The molecule has 3 rings (SSSR count). The largest absolute Gasteiger partial charge is 0.376 e. The highest BCUT2D eigenvalue weighted by atomic mass is 16.5. The highest BCUT2D eigenvalue weighted by molar-refractivity contribution is 6.04. The van der Waals surface area contributed by atoms with Crippen LogP contribution >= 0.6 is 0 Å². The summed E-state index contributed by atoms with van der Waals surface area (Å²) in [4.78, 5) is 14.4. The molecule has 0 bridgehead atoms. The SMILES string of the molecule is CCO[C@@H]1COC[C@H]1n1cc(C(=O)N(C)c2cc(C)ccc2C)nn1. The Morgan fingerprint density at radius 1 is 1.40 bits per heavy atom. The van der Waals surface area contributed by atoms with Crippen molar-refractivity contribution in [2.24, 2.45) is 0 Å². The van der Waals surface area contributed by atoms with Crippen LogP contribution in [0.2, 0.25) is 0 Å². The summed E-state index contributed by atoms with van der Waals surface area (Å²) in [6.45, 7) is 7.59. The molecule has 1 amide bonds. The first-order valence-corrected chi connectivity index (χ1v) is 8.47. The van der Waals surface area contributed by atoms with Crippen LogP contribution in [0.15, 0.2) is 24.4 Å². The second kappa shape index (κ2) is 7.33. The molecule has 1 aromatic carbocycles. The van der Waals surface area contributed by atoms with Gasteiger partial charge in [0.15, 0.2) is 5.69 Å². The number of ether oxygens (including phenoxy) is 2. The normalized spacial score (nSPS) is 20.0. The van der Waals surface area contributed by atoms with Gasteiger partial charge in [0.1, 0.15) is 12.1 Å². The number of carbonyl (C=O) groups is 1.